The van der Waals surface area contributed by atoms with Gasteiger partial charge in [0.2, 0.25) is 0 Å². The molecule has 0 aromatic heterocycles. The Morgan fingerprint density at radius 3 is 2.30 bits per heavy atom. The average Bonchev–Trinajstić information content (AvgIpc) is 2.61. The van der Waals surface area contributed by atoms with Crippen LogP contribution >= 0.6 is 0 Å². The molecule has 0 radical (unpaired) electrons. The van der Waals surface area contributed by atoms with Crippen molar-refractivity contribution in [3.05, 3.63) is 65.7 Å². The Labute approximate surface area is 135 Å². The van der Waals surface area contributed by atoms with Gasteiger partial charge in [0, 0.05) is 13.1 Å². The molecule has 1 aliphatic rings. The van der Waals surface area contributed by atoms with Crippen LogP contribution in [0.5, 0.6) is 0 Å². The number of para-hydroxylation sites is 1. The van der Waals surface area contributed by atoms with Crippen LogP contribution in [-0.4, -0.2) is 42.4 Å². The van der Waals surface area contributed by atoms with Crippen molar-refractivity contribution in [3.63, 3.8) is 0 Å². The van der Waals surface area contributed by atoms with E-state index in [2.05, 4.69) is 22.2 Å². The van der Waals surface area contributed by atoms with E-state index in [9.17, 15) is 4.79 Å². The van der Waals surface area contributed by atoms with Crippen molar-refractivity contribution in [2.24, 2.45) is 0 Å². The van der Waals surface area contributed by atoms with Gasteiger partial charge < -0.3 is 14.9 Å². The van der Waals surface area contributed by atoms with Gasteiger partial charge >= 0.3 is 5.97 Å². The summed E-state index contributed by atoms with van der Waals surface area (Å²) >= 11 is 0. The van der Waals surface area contributed by atoms with Crippen molar-refractivity contribution < 1.29 is 14.6 Å². The summed E-state index contributed by atoms with van der Waals surface area (Å²) in [6, 6.07) is 17.3. The number of aromatic carboxylic acids is 1. The van der Waals surface area contributed by atoms with E-state index >= 15 is 0 Å². The van der Waals surface area contributed by atoms with Crippen molar-refractivity contribution in [1.29, 1.82) is 0 Å². The molecule has 2 aromatic rings. The molecule has 1 heterocycles. The molecular weight excluding hydrogens is 292 g/mol. The molecule has 0 unspecified atom stereocenters. The molecule has 1 aliphatic heterocycles. The highest BCUT2D eigenvalue weighted by Crippen LogP contribution is 2.20. The monoisotopic (exact) mass is 312 g/mol. The summed E-state index contributed by atoms with van der Waals surface area (Å²) < 4.78 is 5.44. The molecule has 5 heteroatoms. The molecule has 0 bridgehead atoms. The van der Waals surface area contributed by atoms with Crippen LogP contribution in [0, 0.1) is 0 Å². The minimum absolute atomic E-state index is 0.311. The minimum atomic E-state index is -0.898. The van der Waals surface area contributed by atoms with Gasteiger partial charge in [0.25, 0.3) is 0 Å². The third kappa shape index (κ3) is 3.88. The second-order valence-corrected chi connectivity index (χ2v) is 5.46. The molecule has 3 rings (SSSR count). The normalized spacial score (nSPS) is 15.3. The molecule has 1 fully saturated rings. The van der Waals surface area contributed by atoms with E-state index in [0.717, 1.165) is 37.6 Å². The van der Waals surface area contributed by atoms with Crippen molar-refractivity contribution in [2.45, 2.75) is 6.54 Å². The summed E-state index contributed by atoms with van der Waals surface area (Å²) in [5.74, 6) is -0.898. The molecule has 0 amide bonds. The maximum Gasteiger partial charge on any atom is 0.335 e. The van der Waals surface area contributed by atoms with Crippen LogP contribution in [0.2, 0.25) is 0 Å². The molecule has 0 aliphatic carbocycles. The smallest absolute Gasteiger partial charge is 0.335 e. The van der Waals surface area contributed by atoms with Crippen LogP contribution < -0.4 is 5.01 Å². The fourth-order valence-corrected chi connectivity index (χ4v) is 2.68. The third-order valence-corrected chi connectivity index (χ3v) is 3.92. The lowest BCUT2D eigenvalue weighted by Crippen LogP contribution is -2.48. The van der Waals surface area contributed by atoms with Crippen LogP contribution in [0.3, 0.4) is 0 Å². The van der Waals surface area contributed by atoms with E-state index in [4.69, 9.17) is 9.84 Å². The number of carboxylic acids is 1. The number of anilines is 1. The second-order valence-electron chi connectivity index (χ2n) is 5.46. The molecule has 0 saturated carbocycles. The first kappa shape index (κ1) is 15.5. The Hall–Kier alpha value is -2.37. The molecule has 120 valence electrons. The molecule has 1 N–H and O–H groups in total. The number of carboxylic acid groups (broad SMARTS) is 1. The van der Waals surface area contributed by atoms with E-state index in [1.54, 1.807) is 12.1 Å². The maximum atomic E-state index is 11.0. The summed E-state index contributed by atoms with van der Waals surface area (Å²) in [4.78, 5) is 11.0. The summed E-state index contributed by atoms with van der Waals surface area (Å²) in [6.45, 7) is 3.84. The lowest BCUT2D eigenvalue weighted by atomic mass is 10.1. The Bertz CT molecular complexity index is 637. The predicted octanol–water partition coefficient (Wildman–Crippen LogP) is 2.64. The third-order valence-electron chi connectivity index (χ3n) is 3.92. The number of ether oxygens (including phenoxy) is 1. The Morgan fingerprint density at radius 2 is 1.70 bits per heavy atom. The van der Waals surface area contributed by atoms with Gasteiger partial charge in [-0.3, -0.25) is 0 Å². The Balaban J connectivity index is 1.81. The number of hydrazine groups is 1. The van der Waals surface area contributed by atoms with E-state index < -0.39 is 5.97 Å². The van der Waals surface area contributed by atoms with Crippen LogP contribution in [0.25, 0.3) is 0 Å². The first-order valence-electron chi connectivity index (χ1n) is 7.71. The van der Waals surface area contributed by atoms with Gasteiger partial charge in [-0.15, -0.1) is 0 Å². The quantitative estimate of drug-likeness (QED) is 0.920. The number of morpholine rings is 1. The molecule has 0 spiro atoms. The standard InChI is InChI=1S/C18H20N2O3/c21-18(22)16-8-6-15(7-9-16)14-20(17-4-2-1-3-5-17)19-10-12-23-13-11-19/h1-9H,10-14H2,(H,21,22). The first-order valence-corrected chi connectivity index (χ1v) is 7.71. The van der Waals surface area contributed by atoms with Crippen molar-refractivity contribution in [3.8, 4) is 0 Å². The number of carbonyl (C=O) groups is 1. The topological polar surface area (TPSA) is 53.0 Å². The van der Waals surface area contributed by atoms with Crippen molar-refractivity contribution in [2.75, 3.05) is 31.3 Å². The molecule has 2 aromatic carbocycles. The van der Waals surface area contributed by atoms with Gasteiger partial charge in [-0.05, 0) is 29.8 Å². The summed E-state index contributed by atoms with van der Waals surface area (Å²) in [5.41, 5.74) is 2.51. The van der Waals surface area contributed by atoms with Crippen LogP contribution in [0.4, 0.5) is 5.69 Å². The number of hydrogen-bond donors (Lipinski definition) is 1. The van der Waals surface area contributed by atoms with Gasteiger partial charge in [0.05, 0.1) is 31.0 Å². The van der Waals surface area contributed by atoms with Gasteiger partial charge in [-0.25, -0.2) is 9.80 Å². The number of hydrogen-bond acceptors (Lipinski definition) is 4. The summed E-state index contributed by atoms with van der Waals surface area (Å²) in [5, 5.41) is 13.5. The van der Waals surface area contributed by atoms with Crippen LogP contribution in [0.15, 0.2) is 54.6 Å². The SMILES string of the molecule is O=C(O)c1ccc(CN(c2ccccc2)N2CCOCC2)cc1. The average molecular weight is 312 g/mol. The predicted molar refractivity (Wildman–Crippen MR) is 88.4 cm³/mol. The largest absolute Gasteiger partial charge is 0.478 e. The maximum absolute atomic E-state index is 11.0. The van der Waals surface area contributed by atoms with E-state index in [1.165, 1.54) is 0 Å². The lowest BCUT2D eigenvalue weighted by Gasteiger charge is -2.39. The van der Waals surface area contributed by atoms with E-state index in [0.29, 0.717) is 12.1 Å². The van der Waals surface area contributed by atoms with Gasteiger partial charge in [0.1, 0.15) is 0 Å². The highest BCUT2D eigenvalue weighted by Gasteiger charge is 2.19. The molecular formula is C18H20N2O3. The Morgan fingerprint density at radius 1 is 1.04 bits per heavy atom. The molecule has 5 nitrogen and oxygen atoms in total. The number of rotatable bonds is 5. The summed E-state index contributed by atoms with van der Waals surface area (Å²) in [7, 11) is 0. The van der Waals surface area contributed by atoms with Crippen molar-refractivity contribution in [1.82, 2.24) is 5.01 Å². The van der Waals surface area contributed by atoms with Gasteiger partial charge in [-0.1, -0.05) is 30.3 Å². The number of nitrogens with zero attached hydrogens (tertiary/aromatic N) is 2. The highest BCUT2D eigenvalue weighted by atomic mass is 16.5. The van der Waals surface area contributed by atoms with E-state index in [1.807, 2.05) is 30.3 Å². The minimum Gasteiger partial charge on any atom is -0.478 e. The van der Waals surface area contributed by atoms with Crippen LogP contribution in [-0.2, 0) is 11.3 Å². The van der Waals surface area contributed by atoms with Gasteiger partial charge in [-0.2, -0.15) is 0 Å². The zero-order valence-electron chi connectivity index (χ0n) is 12.9. The second kappa shape index (κ2) is 7.26. The number of benzene rings is 2. The zero-order chi connectivity index (χ0) is 16.1. The zero-order valence-corrected chi connectivity index (χ0v) is 12.9. The molecule has 1 saturated heterocycles. The van der Waals surface area contributed by atoms with Crippen LogP contribution in [0.1, 0.15) is 15.9 Å². The fraction of sp³-hybridized carbons (Fsp3) is 0.278. The highest BCUT2D eigenvalue weighted by molar-refractivity contribution is 5.87. The van der Waals surface area contributed by atoms with Crippen molar-refractivity contribution >= 4 is 11.7 Å². The summed E-state index contributed by atoms with van der Waals surface area (Å²) in [6.07, 6.45) is 0. The fourth-order valence-electron chi connectivity index (χ4n) is 2.68. The van der Waals surface area contributed by atoms with E-state index in [-0.39, 0.29) is 0 Å². The molecule has 23 heavy (non-hydrogen) atoms. The Kier molecular flexibility index (Phi) is 4.90. The first-order chi connectivity index (χ1) is 11.2. The lowest BCUT2D eigenvalue weighted by molar-refractivity contribution is 0.0307. The van der Waals surface area contributed by atoms with Gasteiger partial charge in [0.15, 0.2) is 0 Å². The molecule has 0 atom stereocenters.